The predicted octanol–water partition coefficient (Wildman–Crippen LogP) is 3.54. The molecule has 0 aromatic rings. The Kier molecular flexibility index (Phi) is 26.8. The molecule has 54 heavy (non-hydrogen) atoms. The maximum Gasteiger partial charge on any atom is 0.224 e. The lowest BCUT2D eigenvalue weighted by atomic mass is 9.91. The van der Waals surface area contributed by atoms with E-state index in [9.17, 15) is 48.3 Å². The van der Waals surface area contributed by atoms with E-state index in [0.717, 1.165) is 19.3 Å². The highest BCUT2D eigenvalue weighted by Crippen LogP contribution is 2.19. The third-order valence-corrected chi connectivity index (χ3v) is 9.57. The zero-order chi connectivity index (χ0) is 41.2. The van der Waals surface area contributed by atoms with Crippen LogP contribution in [0.2, 0.25) is 0 Å². The van der Waals surface area contributed by atoms with Crippen molar-refractivity contribution < 1.29 is 48.3 Å². The molecule has 0 saturated heterocycles. The molecule has 0 aliphatic rings. The first-order valence-corrected chi connectivity index (χ1v) is 19.9. The van der Waals surface area contributed by atoms with E-state index in [2.05, 4.69) is 17.6 Å². The van der Waals surface area contributed by atoms with Crippen molar-refractivity contribution in [1.82, 2.24) is 10.6 Å². The molecule has 0 aliphatic heterocycles. The van der Waals surface area contributed by atoms with Gasteiger partial charge in [-0.05, 0) is 39.2 Å². The number of Topliss-reactive ketones (excluding diaryl/α,β-unsaturated/α-hetero) is 6. The maximum absolute atomic E-state index is 13.4. The first-order valence-electron chi connectivity index (χ1n) is 19.9. The van der Waals surface area contributed by atoms with Gasteiger partial charge in [-0.2, -0.15) is 0 Å². The Morgan fingerprint density at radius 3 is 1.76 bits per heavy atom. The highest BCUT2D eigenvalue weighted by molar-refractivity contribution is 6.38. The summed E-state index contributed by atoms with van der Waals surface area (Å²) in [7, 11) is 0. The first kappa shape index (κ1) is 50.4. The van der Waals surface area contributed by atoms with E-state index in [1.54, 1.807) is 0 Å². The van der Waals surface area contributed by atoms with Crippen LogP contribution in [0.1, 0.15) is 157 Å². The number of hydrogen-bond acceptors (Lipinski definition) is 11. The van der Waals surface area contributed by atoms with Gasteiger partial charge < -0.3 is 27.2 Å². The van der Waals surface area contributed by atoms with Crippen molar-refractivity contribution in [2.75, 3.05) is 6.54 Å². The molecule has 2 unspecified atom stereocenters. The predicted molar refractivity (Wildman–Crippen MR) is 205 cm³/mol. The average Bonchev–Trinajstić information content (AvgIpc) is 3.11. The summed E-state index contributed by atoms with van der Waals surface area (Å²) in [5.41, 5.74) is 10.9. The Bertz CT molecular complexity index is 1250. The summed E-state index contributed by atoms with van der Waals surface area (Å²) in [6.07, 6.45) is 7.66. The molecule has 0 heterocycles. The standard InChI is InChI=1S/C40H68N4O10/c1-6-8-9-10-11-12-13-18-30(46)19-16-20-31(47)24-29(17-14-15-21-41)40(54)44-37(28(5)45)35(50)23-27(4)39(53)43-32(25-36(42)51)34(49)22-26(3)38(52)33(48)7-2/h26-29,32,37,45H,6-25,41H2,1-5H3,(H2,42,51)(H,43,53)(H,44,54)/t26?,27-,28?,29-,32+,37+/m1/s1. The number of nitrogens with one attached hydrogen (secondary N) is 2. The minimum Gasteiger partial charge on any atom is -0.391 e. The molecule has 0 rings (SSSR count). The third-order valence-electron chi connectivity index (χ3n) is 9.57. The molecule has 0 aromatic heterocycles. The number of rotatable bonds is 34. The zero-order valence-corrected chi connectivity index (χ0v) is 33.4. The van der Waals surface area contributed by atoms with E-state index in [1.807, 2.05) is 0 Å². The lowest BCUT2D eigenvalue weighted by Gasteiger charge is -2.25. The van der Waals surface area contributed by atoms with Gasteiger partial charge in [0.2, 0.25) is 23.5 Å². The fourth-order valence-electron chi connectivity index (χ4n) is 6.13. The molecule has 14 heteroatoms. The van der Waals surface area contributed by atoms with Crippen molar-refractivity contribution in [2.24, 2.45) is 29.2 Å². The average molecular weight is 765 g/mol. The molecule has 0 radical (unpaired) electrons. The number of carbonyl (C=O) groups excluding carboxylic acids is 9. The number of ketones is 6. The van der Waals surface area contributed by atoms with Crippen LogP contribution < -0.4 is 22.1 Å². The number of aliphatic hydroxyl groups excluding tert-OH is 1. The first-order chi connectivity index (χ1) is 25.5. The Hall–Kier alpha value is -3.65. The number of hydrogen-bond donors (Lipinski definition) is 5. The maximum atomic E-state index is 13.4. The van der Waals surface area contributed by atoms with E-state index in [-0.39, 0.29) is 30.8 Å². The second kappa shape index (κ2) is 28.7. The molecule has 0 saturated carbocycles. The molecule has 0 aliphatic carbocycles. The van der Waals surface area contributed by atoms with Gasteiger partial charge in [-0.1, -0.05) is 72.6 Å². The van der Waals surface area contributed by atoms with Gasteiger partial charge >= 0.3 is 0 Å². The second-order valence-electron chi connectivity index (χ2n) is 14.7. The number of primary amides is 1. The summed E-state index contributed by atoms with van der Waals surface area (Å²) in [5, 5.41) is 15.4. The summed E-state index contributed by atoms with van der Waals surface area (Å²) < 4.78 is 0. The second-order valence-corrected chi connectivity index (χ2v) is 14.7. The quantitative estimate of drug-likeness (QED) is 0.0468. The fourth-order valence-corrected chi connectivity index (χ4v) is 6.13. The monoisotopic (exact) mass is 764 g/mol. The molecule has 0 spiro atoms. The Morgan fingerprint density at radius 1 is 0.611 bits per heavy atom. The molecule has 7 N–H and O–H groups in total. The van der Waals surface area contributed by atoms with Crippen molar-refractivity contribution in [2.45, 2.75) is 175 Å². The molecule has 14 nitrogen and oxygen atoms in total. The van der Waals surface area contributed by atoms with Crippen LogP contribution in [0.5, 0.6) is 0 Å². The van der Waals surface area contributed by atoms with Crippen LogP contribution >= 0.6 is 0 Å². The highest BCUT2D eigenvalue weighted by atomic mass is 16.3. The van der Waals surface area contributed by atoms with Crippen molar-refractivity contribution >= 4 is 52.4 Å². The van der Waals surface area contributed by atoms with Gasteiger partial charge in [0.1, 0.15) is 17.6 Å². The van der Waals surface area contributed by atoms with Crippen molar-refractivity contribution in [3.63, 3.8) is 0 Å². The number of nitrogens with two attached hydrogens (primary N) is 2. The third kappa shape index (κ3) is 21.9. The normalized spacial score (nSPS) is 14.5. The molecule has 0 bridgehead atoms. The molecule has 0 fully saturated rings. The molecule has 0 aromatic carbocycles. The number of carbonyl (C=O) groups is 9. The zero-order valence-electron chi connectivity index (χ0n) is 33.4. The summed E-state index contributed by atoms with van der Waals surface area (Å²) in [6, 6.07) is -2.81. The number of amides is 3. The SMILES string of the molecule is CCCCCCCCCC(=O)CCCC(=O)C[C@@H](CCCCN)C(=O)N[C@H](C(=O)C[C@@H](C)C(=O)N[C@@H](CC(N)=O)C(=O)CC(C)C(=O)C(=O)CC)C(C)O. The van der Waals surface area contributed by atoms with Gasteiger partial charge in [0.25, 0.3) is 0 Å². The topological polar surface area (TPSA) is 250 Å². The molecule has 3 amide bonds. The van der Waals surface area contributed by atoms with Crippen LogP contribution in [-0.4, -0.2) is 82.3 Å². The van der Waals surface area contributed by atoms with E-state index in [1.165, 1.54) is 53.4 Å². The van der Waals surface area contributed by atoms with Crippen LogP contribution in [0.15, 0.2) is 0 Å². The van der Waals surface area contributed by atoms with Gasteiger partial charge in [0.15, 0.2) is 17.3 Å². The largest absolute Gasteiger partial charge is 0.391 e. The number of aliphatic hydroxyl groups is 1. The van der Waals surface area contributed by atoms with Gasteiger partial charge in [0.05, 0.1) is 18.6 Å². The van der Waals surface area contributed by atoms with Crippen LogP contribution in [0.25, 0.3) is 0 Å². The van der Waals surface area contributed by atoms with Crippen molar-refractivity contribution in [3.05, 3.63) is 0 Å². The minimum absolute atomic E-state index is 0.0338. The lowest BCUT2D eigenvalue weighted by Crippen LogP contribution is -2.51. The van der Waals surface area contributed by atoms with E-state index >= 15 is 0 Å². The van der Waals surface area contributed by atoms with E-state index in [4.69, 9.17) is 11.5 Å². The van der Waals surface area contributed by atoms with Crippen LogP contribution in [-0.2, 0) is 43.2 Å². The summed E-state index contributed by atoms with van der Waals surface area (Å²) in [5.74, 6) is -7.97. The fraction of sp³-hybridized carbons (Fsp3) is 0.775. The molecular weight excluding hydrogens is 696 g/mol. The molecular formula is C40H68N4O10. The van der Waals surface area contributed by atoms with Crippen LogP contribution in [0.4, 0.5) is 0 Å². The molecule has 308 valence electrons. The van der Waals surface area contributed by atoms with Crippen molar-refractivity contribution in [3.8, 4) is 0 Å². The van der Waals surface area contributed by atoms with Gasteiger partial charge in [-0.25, -0.2) is 0 Å². The van der Waals surface area contributed by atoms with E-state index < -0.39 is 96.1 Å². The summed E-state index contributed by atoms with van der Waals surface area (Å²) in [4.78, 5) is 114. The molecule has 6 atom stereocenters. The minimum atomic E-state index is -1.41. The summed E-state index contributed by atoms with van der Waals surface area (Å²) in [6.45, 7) is 8.15. The van der Waals surface area contributed by atoms with Crippen LogP contribution in [0, 0.1) is 17.8 Å². The van der Waals surface area contributed by atoms with Crippen molar-refractivity contribution in [1.29, 1.82) is 0 Å². The smallest absolute Gasteiger partial charge is 0.224 e. The van der Waals surface area contributed by atoms with Crippen LogP contribution in [0.3, 0.4) is 0 Å². The van der Waals surface area contributed by atoms with Gasteiger partial charge in [0, 0.05) is 62.7 Å². The highest BCUT2D eigenvalue weighted by Gasteiger charge is 2.33. The Morgan fingerprint density at radius 2 is 1.19 bits per heavy atom. The lowest BCUT2D eigenvalue weighted by molar-refractivity contribution is -0.140. The van der Waals surface area contributed by atoms with Gasteiger partial charge in [-0.3, -0.25) is 43.2 Å². The Labute approximate surface area is 321 Å². The Balaban J connectivity index is 5.35. The van der Waals surface area contributed by atoms with E-state index in [0.29, 0.717) is 45.1 Å². The number of unbranched alkanes of at least 4 members (excludes halogenated alkanes) is 7. The van der Waals surface area contributed by atoms with Gasteiger partial charge in [-0.15, -0.1) is 0 Å². The summed E-state index contributed by atoms with van der Waals surface area (Å²) >= 11 is 0.